The zero-order valence-corrected chi connectivity index (χ0v) is 20.5. The van der Waals surface area contributed by atoms with Gasteiger partial charge in [-0.05, 0) is 77.8 Å². The molecule has 174 valence electrons. The fraction of sp³-hybridized carbons (Fsp3) is 0.192. The number of amides is 1. The van der Waals surface area contributed by atoms with Crippen LogP contribution in [0.15, 0.2) is 70.2 Å². The molecule has 3 aromatic rings. The summed E-state index contributed by atoms with van der Waals surface area (Å²) in [6.07, 6.45) is 1.52. The Labute approximate surface area is 207 Å². The Morgan fingerprint density at radius 3 is 2.50 bits per heavy atom. The Kier molecular flexibility index (Phi) is 9.06. The van der Waals surface area contributed by atoms with Crippen LogP contribution in [-0.4, -0.2) is 25.3 Å². The third-order valence-electron chi connectivity index (χ3n) is 4.65. The van der Waals surface area contributed by atoms with Gasteiger partial charge in [0.2, 0.25) is 0 Å². The molecule has 1 N–H and O–H groups in total. The summed E-state index contributed by atoms with van der Waals surface area (Å²) in [5.41, 5.74) is 5.03. The summed E-state index contributed by atoms with van der Waals surface area (Å²) in [6.45, 7) is 4.99. The third kappa shape index (κ3) is 6.59. The van der Waals surface area contributed by atoms with Crippen LogP contribution in [0.2, 0.25) is 0 Å². The Morgan fingerprint density at radius 2 is 1.79 bits per heavy atom. The molecular weight excluding hydrogens is 498 g/mol. The number of hydrazone groups is 1. The summed E-state index contributed by atoms with van der Waals surface area (Å²) in [7, 11) is 0. The quantitative estimate of drug-likeness (QED) is 0.282. The summed E-state index contributed by atoms with van der Waals surface area (Å²) < 4.78 is 17.8. The molecule has 0 unspecified atom stereocenters. The highest BCUT2D eigenvalue weighted by molar-refractivity contribution is 9.10. The van der Waals surface area contributed by atoms with Crippen molar-refractivity contribution >= 4 is 28.1 Å². The molecule has 0 fully saturated rings. The number of carbonyl (C=O) groups excluding carboxylic acids is 1. The van der Waals surface area contributed by atoms with E-state index in [1.165, 1.54) is 6.21 Å². The number of hydrogen-bond donors (Lipinski definition) is 1. The Bertz CT molecular complexity index is 1200. The molecule has 0 spiro atoms. The van der Waals surface area contributed by atoms with Crippen LogP contribution in [-0.2, 0) is 6.61 Å². The second-order valence-corrected chi connectivity index (χ2v) is 7.83. The standard InChI is InChI=1S/C26H24BrN3O4/c1-3-32-22-11-9-19(10-12-22)26(31)30-29-16-18-13-23(27)25(24(14-18)33-4-2)34-17-21-8-6-5-7-20(21)15-28/h5-14,16H,3-4,17H2,1-2H3,(H,30,31)/b29-16-. The van der Waals surface area contributed by atoms with Crippen LogP contribution in [0.3, 0.4) is 0 Å². The van der Waals surface area contributed by atoms with Gasteiger partial charge in [0, 0.05) is 11.1 Å². The Balaban J connectivity index is 1.71. The molecule has 7 nitrogen and oxygen atoms in total. The SMILES string of the molecule is CCOc1ccc(C(=O)N/N=C\c2cc(Br)c(OCc3ccccc3C#N)c(OCC)c2)cc1. The van der Waals surface area contributed by atoms with E-state index in [9.17, 15) is 10.1 Å². The zero-order chi connectivity index (χ0) is 24.3. The molecule has 0 saturated heterocycles. The average molecular weight is 522 g/mol. The number of carbonyl (C=O) groups is 1. The predicted octanol–water partition coefficient (Wildman–Crippen LogP) is 5.46. The van der Waals surface area contributed by atoms with Crippen LogP contribution in [0.4, 0.5) is 0 Å². The summed E-state index contributed by atoms with van der Waals surface area (Å²) in [5.74, 6) is 1.41. The van der Waals surface area contributed by atoms with Gasteiger partial charge in [-0.2, -0.15) is 10.4 Å². The molecule has 0 aliphatic rings. The topological polar surface area (TPSA) is 92.9 Å². The van der Waals surface area contributed by atoms with E-state index in [4.69, 9.17) is 14.2 Å². The molecule has 3 rings (SSSR count). The highest BCUT2D eigenvalue weighted by Crippen LogP contribution is 2.37. The van der Waals surface area contributed by atoms with E-state index in [1.807, 2.05) is 32.0 Å². The lowest BCUT2D eigenvalue weighted by atomic mass is 10.1. The predicted molar refractivity (Wildman–Crippen MR) is 133 cm³/mol. The van der Waals surface area contributed by atoms with Crippen LogP contribution < -0.4 is 19.6 Å². The molecule has 0 aliphatic heterocycles. The van der Waals surface area contributed by atoms with Crippen molar-refractivity contribution in [3.63, 3.8) is 0 Å². The molecule has 0 bridgehead atoms. The molecule has 0 aliphatic carbocycles. The lowest BCUT2D eigenvalue weighted by Crippen LogP contribution is -2.17. The molecule has 8 heteroatoms. The van der Waals surface area contributed by atoms with Crippen molar-refractivity contribution in [2.75, 3.05) is 13.2 Å². The molecular formula is C26H24BrN3O4. The van der Waals surface area contributed by atoms with Gasteiger partial charge in [-0.3, -0.25) is 4.79 Å². The van der Waals surface area contributed by atoms with Crippen molar-refractivity contribution in [2.24, 2.45) is 5.10 Å². The molecule has 0 atom stereocenters. The molecule has 0 aromatic heterocycles. The minimum absolute atomic E-state index is 0.216. The number of rotatable bonds is 10. The zero-order valence-electron chi connectivity index (χ0n) is 18.9. The van der Waals surface area contributed by atoms with E-state index >= 15 is 0 Å². The molecule has 0 saturated carbocycles. The van der Waals surface area contributed by atoms with Gasteiger partial charge >= 0.3 is 0 Å². The molecule has 34 heavy (non-hydrogen) atoms. The van der Waals surface area contributed by atoms with Gasteiger partial charge in [0.1, 0.15) is 12.4 Å². The van der Waals surface area contributed by atoms with Gasteiger partial charge in [0.25, 0.3) is 5.91 Å². The fourth-order valence-corrected chi connectivity index (χ4v) is 3.64. The van der Waals surface area contributed by atoms with E-state index in [2.05, 4.69) is 32.5 Å². The fourth-order valence-electron chi connectivity index (χ4n) is 3.07. The van der Waals surface area contributed by atoms with Gasteiger partial charge in [0.05, 0.1) is 35.5 Å². The first kappa shape index (κ1) is 24.8. The maximum Gasteiger partial charge on any atom is 0.271 e. The minimum atomic E-state index is -0.334. The summed E-state index contributed by atoms with van der Waals surface area (Å²) in [4.78, 5) is 12.3. The van der Waals surface area contributed by atoms with Crippen LogP contribution in [0.25, 0.3) is 0 Å². The highest BCUT2D eigenvalue weighted by Gasteiger charge is 2.13. The maximum absolute atomic E-state index is 12.3. The Hall–Kier alpha value is -3.83. The lowest BCUT2D eigenvalue weighted by Gasteiger charge is -2.15. The molecule has 0 radical (unpaired) electrons. The maximum atomic E-state index is 12.3. The van der Waals surface area contributed by atoms with Crippen LogP contribution in [0.5, 0.6) is 17.2 Å². The minimum Gasteiger partial charge on any atom is -0.494 e. The van der Waals surface area contributed by atoms with Gasteiger partial charge in [0.15, 0.2) is 11.5 Å². The monoisotopic (exact) mass is 521 g/mol. The molecule has 0 heterocycles. The van der Waals surface area contributed by atoms with Crippen molar-refractivity contribution < 1.29 is 19.0 Å². The van der Waals surface area contributed by atoms with Gasteiger partial charge in [-0.15, -0.1) is 0 Å². The first-order chi connectivity index (χ1) is 16.5. The van der Waals surface area contributed by atoms with Crippen molar-refractivity contribution in [3.05, 3.63) is 87.4 Å². The van der Waals surface area contributed by atoms with Crippen LogP contribution in [0.1, 0.15) is 40.9 Å². The second kappa shape index (κ2) is 12.4. The van der Waals surface area contributed by atoms with Gasteiger partial charge in [-0.25, -0.2) is 5.43 Å². The lowest BCUT2D eigenvalue weighted by molar-refractivity contribution is 0.0955. The largest absolute Gasteiger partial charge is 0.494 e. The van der Waals surface area contributed by atoms with Crippen molar-refractivity contribution in [1.82, 2.24) is 5.43 Å². The number of nitrogens with one attached hydrogen (secondary N) is 1. The van der Waals surface area contributed by atoms with Crippen LogP contribution >= 0.6 is 15.9 Å². The van der Waals surface area contributed by atoms with E-state index in [0.717, 1.165) is 5.56 Å². The summed E-state index contributed by atoms with van der Waals surface area (Å²) >= 11 is 3.52. The van der Waals surface area contributed by atoms with Gasteiger partial charge < -0.3 is 14.2 Å². The first-order valence-electron chi connectivity index (χ1n) is 10.7. The number of nitrogens with zero attached hydrogens (tertiary/aromatic N) is 2. The summed E-state index contributed by atoms with van der Waals surface area (Å²) in [6, 6.07) is 19.8. The number of hydrogen-bond acceptors (Lipinski definition) is 6. The number of halogens is 1. The number of ether oxygens (including phenoxy) is 3. The first-order valence-corrected chi connectivity index (χ1v) is 11.5. The molecule has 1 amide bonds. The van der Waals surface area contributed by atoms with E-state index < -0.39 is 0 Å². The van der Waals surface area contributed by atoms with E-state index in [0.29, 0.717) is 51.6 Å². The number of benzene rings is 3. The normalized spacial score (nSPS) is 10.5. The second-order valence-electron chi connectivity index (χ2n) is 6.98. The van der Waals surface area contributed by atoms with Crippen molar-refractivity contribution in [1.29, 1.82) is 5.26 Å². The Morgan fingerprint density at radius 1 is 1.06 bits per heavy atom. The third-order valence-corrected chi connectivity index (χ3v) is 5.24. The average Bonchev–Trinajstić information content (AvgIpc) is 2.84. The van der Waals surface area contributed by atoms with Gasteiger partial charge in [-0.1, -0.05) is 18.2 Å². The highest BCUT2D eigenvalue weighted by atomic mass is 79.9. The van der Waals surface area contributed by atoms with Crippen molar-refractivity contribution in [2.45, 2.75) is 20.5 Å². The van der Waals surface area contributed by atoms with Crippen molar-refractivity contribution in [3.8, 4) is 23.3 Å². The van der Waals surface area contributed by atoms with E-state index in [-0.39, 0.29) is 12.5 Å². The van der Waals surface area contributed by atoms with E-state index in [1.54, 1.807) is 42.5 Å². The van der Waals surface area contributed by atoms with Crippen LogP contribution in [0, 0.1) is 11.3 Å². The number of nitriles is 1. The smallest absolute Gasteiger partial charge is 0.271 e. The molecule has 3 aromatic carbocycles. The summed E-state index contributed by atoms with van der Waals surface area (Å²) in [5, 5.41) is 13.3.